The molecule has 0 spiro atoms. The van der Waals surface area contributed by atoms with Crippen LogP contribution in [0.2, 0.25) is 0 Å². The molecular formula is C27H29N3O6. The lowest BCUT2D eigenvalue weighted by atomic mass is 10.0. The molecule has 0 radical (unpaired) electrons. The van der Waals surface area contributed by atoms with Gasteiger partial charge in [-0.25, -0.2) is 0 Å². The quantitative estimate of drug-likeness (QED) is 0.152. The molecule has 9 heteroatoms. The van der Waals surface area contributed by atoms with E-state index in [2.05, 4.69) is 11.9 Å². The minimum Gasteiger partial charge on any atom is -0.490 e. The number of amides is 1. The zero-order valence-electron chi connectivity index (χ0n) is 20.2. The largest absolute Gasteiger partial charge is 0.490 e. The summed E-state index contributed by atoms with van der Waals surface area (Å²) in [6.45, 7) is 7.25. The second-order valence-electron chi connectivity index (χ2n) is 8.16. The molecule has 1 atom stereocenters. The first-order valence-corrected chi connectivity index (χ1v) is 11.7. The first-order chi connectivity index (χ1) is 17.4. The van der Waals surface area contributed by atoms with Crippen LogP contribution < -0.4 is 14.8 Å². The Bertz CT molecular complexity index is 1160. The third-order valence-electron chi connectivity index (χ3n) is 5.54. The Morgan fingerprint density at radius 3 is 2.72 bits per heavy atom. The first kappa shape index (κ1) is 26.4. The molecule has 0 aliphatic carbocycles. The molecule has 1 saturated heterocycles. The van der Waals surface area contributed by atoms with E-state index in [9.17, 15) is 20.2 Å². The van der Waals surface area contributed by atoms with Gasteiger partial charge in [0.2, 0.25) is 0 Å². The van der Waals surface area contributed by atoms with Crippen molar-refractivity contribution in [2.24, 2.45) is 0 Å². The number of nitrogens with zero attached hydrogens (tertiary/aromatic N) is 2. The molecule has 2 aromatic carbocycles. The minimum absolute atomic E-state index is 0.00495. The topological polar surface area (TPSA) is 124 Å². The Kier molecular flexibility index (Phi) is 9.60. The van der Waals surface area contributed by atoms with Crippen molar-refractivity contribution in [1.82, 2.24) is 5.32 Å². The SMILES string of the molecule is C=CCc1cc(/C=C(\C#N)C(=O)NC[C@@H]2CCCO2)cc(OCC)c1OCc1ccc([N+](=O)[O-])cc1. The summed E-state index contributed by atoms with van der Waals surface area (Å²) in [5.41, 5.74) is 2.11. The molecule has 1 heterocycles. The number of nitrogens with one attached hydrogen (secondary N) is 1. The summed E-state index contributed by atoms with van der Waals surface area (Å²) in [5, 5.41) is 23.2. The normalized spacial score (nSPS) is 15.1. The zero-order chi connectivity index (χ0) is 25.9. The molecule has 2 aromatic rings. The van der Waals surface area contributed by atoms with Crippen molar-refractivity contribution < 1.29 is 23.9 Å². The highest BCUT2D eigenvalue weighted by molar-refractivity contribution is 6.01. The summed E-state index contributed by atoms with van der Waals surface area (Å²) in [5.74, 6) is 0.505. The maximum atomic E-state index is 12.6. The average Bonchev–Trinajstić information content (AvgIpc) is 3.40. The van der Waals surface area contributed by atoms with E-state index in [1.54, 1.807) is 24.3 Å². The Balaban J connectivity index is 1.83. The van der Waals surface area contributed by atoms with E-state index >= 15 is 0 Å². The predicted molar refractivity (Wildman–Crippen MR) is 135 cm³/mol. The molecule has 0 aromatic heterocycles. The highest BCUT2D eigenvalue weighted by Crippen LogP contribution is 2.35. The van der Waals surface area contributed by atoms with Gasteiger partial charge >= 0.3 is 0 Å². The molecule has 0 bridgehead atoms. The Hall–Kier alpha value is -4.16. The van der Waals surface area contributed by atoms with Gasteiger partial charge in [0.15, 0.2) is 11.5 Å². The van der Waals surface area contributed by atoms with Crippen molar-refractivity contribution in [3.63, 3.8) is 0 Å². The van der Waals surface area contributed by atoms with Gasteiger partial charge in [-0.05, 0) is 67.7 Å². The van der Waals surface area contributed by atoms with Gasteiger partial charge in [0.1, 0.15) is 18.2 Å². The van der Waals surface area contributed by atoms with Gasteiger partial charge in [-0.1, -0.05) is 6.08 Å². The van der Waals surface area contributed by atoms with Gasteiger partial charge < -0.3 is 19.5 Å². The maximum Gasteiger partial charge on any atom is 0.269 e. The van der Waals surface area contributed by atoms with Crippen molar-refractivity contribution >= 4 is 17.7 Å². The highest BCUT2D eigenvalue weighted by Gasteiger charge is 2.19. The molecule has 1 N–H and O–H groups in total. The van der Waals surface area contributed by atoms with Crippen LogP contribution in [0.15, 0.2) is 54.6 Å². The Morgan fingerprint density at radius 1 is 1.33 bits per heavy atom. The van der Waals surface area contributed by atoms with E-state index in [0.717, 1.165) is 24.0 Å². The summed E-state index contributed by atoms with van der Waals surface area (Å²) >= 11 is 0. The van der Waals surface area contributed by atoms with E-state index in [4.69, 9.17) is 14.2 Å². The number of nitriles is 1. The van der Waals surface area contributed by atoms with Crippen LogP contribution in [0.25, 0.3) is 6.08 Å². The van der Waals surface area contributed by atoms with Crippen molar-refractivity contribution in [1.29, 1.82) is 5.26 Å². The predicted octanol–water partition coefficient (Wildman–Crippen LogP) is 4.50. The molecule has 1 aliphatic rings. The molecule has 1 amide bonds. The molecular weight excluding hydrogens is 462 g/mol. The number of carbonyl (C=O) groups excluding carboxylic acids is 1. The highest BCUT2D eigenvalue weighted by atomic mass is 16.6. The monoisotopic (exact) mass is 491 g/mol. The third kappa shape index (κ3) is 7.17. The number of hydrogen-bond donors (Lipinski definition) is 1. The maximum absolute atomic E-state index is 12.6. The molecule has 0 saturated carbocycles. The number of rotatable bonds is 12. The van der Waals surface area contributed by atoms with E-state index in [0.29, 0.717) is 43.2 Å². The number of ether oxygens (including phenoxy) is 3. The van der Waals surface area contributed by atoms with Crippen molar-refractivity contribution in [2.75, 3.05) is 19.8 Å². The van der Waals surface area contributed by atoms with Crippen molar-refractivity contribution in [3.8, 4) is 17.6 Å². The lowest BCUT2D eigenvalue weighted by Crippen LogP contribution is -2.32. The third-order valence-corrected chi connectivity index (χ3v) is 5.54. The van der Waals surface area contributed by atoms with Crippen LogP contribution in [0.4, 0.5) is 5.69 Å². The second-order valence-corrected chi connectivity index (χ2v) is 8.16. The number of non-ortho nitro benzene ring substituents is 1. The Labute approximate surface area is 210 Å². The van der Waals surface area contributed by atoms with E-state index in [1.165, 1.54) is 18.2 Å². The number of nitro groups is 1. The van der Waals surface area contributed by atoms with E-state index in [1.807, 2.05) is 19.1 Å². The number of carbonyl (C=O) groups is 1. The molecule has 1 aliphatic heterocycles. The number of benzene rings is 2. The second kappa shape index (κ2) is 13.1. The molecule has 1 fully saturated rings. The van der Waals surface area contributed by atoms with Gasteiger partial charge in [0.25, 0.3) is 11.6 Å². The summed E-state index contributed by atoms with van der Waals surface area (Å²) < 4.78 is 17.4. The molecule has 36 heavy (non-hydrogen) atoms. The smallest absolute Gasteiger partial charge is 0.269 e. The van der Waals surface area contributed by atoms with Gasteiger partial charge in [0.05, 0.1) is 17.6 Å². The number of nitro benzene ring substituents is 1. The standard InChI is InChI=1S/C27H29N3O6/c1-3-6-21-13-20(14-22(16-28)27(31)29-17-24-7-5-12-35-24)15-25(34-4-2)26(21)36-18-19-8-10-23(11-9-19)30(32)33/h3,8-11,13-15,24H,1,4-7,12,17-18H2,2H3,(H,29,31)/b22-14+/t24-/m0/s1. The van der Waals surface area contributed by atoms with E-state index in [-0.39, 0.29) is 24.0 Å². The van der Waals surface area contributed by atoms with Crippen LogP contribution in [0.5, 0.6) is 11.5 Å². The lowest BCUT2D eigenvalue weighted by Gasteiger charge is -2.17. The molecule has 9 nitrogen and oxygen atoms in total. The number of allylic oxidation sites excluding steroid dienone is 1. The minimum atomic E-state index is -0.463. The van der Waals surface area contributed by atoms with Crippen LogP contribution in [0.1, 0.15) is 36.5 Å². The van der Waals surface area contributed by atoms with Crippen LogP contribution >= 0.6 is 0 Å². The van der Waals surface area contributed by atoms with Crippen LogP contribution in [-0.4, -0.2) is 36.7 Å². The fraction of sp³-hybridized carbons (Fsp3) is 0.333. The fourth-order valence-corrected chi connectivity index (χ4v) is 3.79. The van der Waals surface area contributed by atoms with Crippen LogP contribution in [0, 0.1) is 21.4 Å². The van der Waals surface area contributed by atoms with E-state index < -0.39 is 10.8 Å². The summed E-state index contributed by atoms with van der Waals surface area (Å²) in [7, 11) is 0. The summed E-state index contributed by atoms with van der Waals surface area (Å²) in [4.78, 5) is 23.0. The van der Waals surface area contributed by atoms with Gasteiger partial charge in [-0.15, -0.1) is 6.58 Å². The lowest BCUT2D eigenvalue weighted by molar-refractivity contribution is -0.384. The van der Waals surface area contributed by atoms with Gasteiger partial charge in [-0.3, -0.25) is 14.9 Å². The van der Waals surface area contributed by atoms with Crippen molar-refractivity contribution in [2.45, 2.75) is 38.9 Å². The summed E-state index contributed by atoms with van der Waals surface area (Å²) in [6.07, 6.45) is 5.52. The fourth-order valence-electron chi connectivity index (χ4n) is 3.79. The van der Waals surface area contributed by atoms with Crippen molar-refractivity contribution in [3.05, 3.63) is 81.4 Å². The summed E-state index contributed by atoms with van der Waals surface area (Å²) in [6, 6.07) is 11.6. The molecule has 0 unspecified atom stereocenters. The van der Waals surface area contributed by atoms with Gasteiger partial charge in [0, 0.05) is 30.8 Å². The first-order valence-electron chi connectivity index (χ1n) is 11.7. The Morgan fingerprint density at radius 2 is 2.11 bits per heavy atom. The zero-order valence-corrected chi connectivity index (χ0v) is 20.2. The average molecular weight is 492 g/mol. The molecule has 188 valence electrons. The van der Waals surface area contributed by atoms with Crippen LogP contribution in [0.3, 0.4) is 0 Å². The van der Waals surface area contributed by atoms with Crippen LogP contribution in [-0.2, 0) is 22.6 Å². The molecule has 3 rings (SSSR count). The van der Waals surface area contributed by atoms with Gasteiger partial charge in [-0.2, -0.15) is 5.26 Å². The number of hydrogen-bond acceptors (Lipinski definition) is 7.